The van der Waals surface area contributed by atoms with E-state index in [4.69, 9.17) is 0 Å². The van der Waals surface area contributed by atoms with Gasteiger partial charge in [0.1, 0.15) is 11.5 Å². The molecule has 1 saturated heterocycles. The molecule has 2 N–H and O–H groups in total. The fourth-order valence-corrected chi connectivity index (χ4v) is 2.84. The molecule has 1 aliphatic heterocycles. The molecule has 0 aliphatic carbocycles. The van der Waals surface area contributed by atoms with Gasteiger partial charge in [-0.1, -0.05) is 6.07 Å². The van der Waals surface area contributed by atoms with Crippen LogP contribution in [0.3, 0.4) is 0 Å². The minimum Gasteiger partial charge on any atom is -0.366 e. The van der Waals surface area contributed by atoms with Crippen LogP contribution in [-0.2, 0) is 6.18 Å². The minimum absolute atomic E-state index is 0.292. The minimum atomic E-state index is -4.51. The number of nitrogens with zero attached hydrogens (tertiary/aromatic N) is 4. The molecule has 0 spiro atoms. The van der Waals surface area contributed by atoms with Crippen LogP contribution in [0.1, 0.15) is 12.1 Å². The molecule has 0 amide bonds. The summed E-state index contributed by atoms with van der Waals surface area (Å²) in [6, 6.07) is 7.87. The van der Waals surface area contributed by atoms with Crippen LogP contribution in [0, 0.1) is 0 Å². The first kappa shape index (κ1) is 15.8. The van der Waals surface area contributed by atoms with E-state index in [1.165, 1.54) is 16.8 Å². The molecule has 1 fully saturated rings. The molecule has 1 aliphatic rings. The predicted octanol–water partition coefficient (Wildman–Crippen LogP) is 2.58. The number of anilines is 1. The number of imidazole rings is 1. The van der Waals surface area contributed by atoms with E-state index in [0.29, 0.717) is 28.9 Å². The third-order valence-corrected chi connectivity index (χ3v) is 4.08. The van der Waals surface area contributed by atoms with Crippen LogP contribution < -0.4 is 10.6 Å². The Labute approximate surface area is 141 Å². The fourth-order valence-electron chi connectivity index (χ4n) is 2.84. The van der Waals surface area contributed by atoms with Gasteiger partial charge < -0.3 is 10.6 Å². The zero-order valence-electron chi connectivity index (χ0n) is 13.1. The molecule has 0 aromatic carbocycles. The van der Waals surface area contributed by atoms with Gasteiger partial charge in [-0.2, -0.15) is 18.3 Å². The molecule has 1 unspecified atom stereocenters. The Bertz CT molecular complexity index is 898. The Kier molecular flexibility index (Phi) is 3.79. The van der Waals surface area contributed by atoms with Crippen LogP contribution in [-0.4, -0.2) is 38.7 Å². The summed E-state index contributed by atoms with van der Waals surface area (Å²) in [5, 5.41) is 10.3. The van der Waals surface area contributed by atoms with Crippen LogP contribution in [0.2, 0.25) is 0 Å². The number of hydrogen-bond acceptors (Lipinski definition) is 5. The number of fused-ring (bicyclic) bond motifs is 1. The standard InChI is InChI=1S/C16H15F3N6/c17-16(18,19)13-4-5-15-21-9-12(25(15)24-13)11-2-1-3-14(23-11)22-10-6-7-20-8-10/h1-5,9-10,20H,6-8H2,(H,22,23). The lowest BCUT2D eigenvalue weighted by Gasteiger charge is -2.12. The van der Waals surface area contributed by atoms with Crippen molar-refractivity contribution >= 4 is 11.5 Å². The van der Waals surface area contributed by atoms with Crippen molar-refractivity contribution in [2.45, 2.75) is 18.6 Å². The lowest BCUT2D eigenvalue weighted by molar-refractivity contribution is -0.141. The Morgan fingerprint density at radius 2 is 2.08 bits per heavy atom. The first-order chi connectivity index (χ1) is 12.0. The zero-order chi connectivity index (χ0) is 17.4. The number of alkyl halides is 3. The second-order valence-corrected chi connectivity index (χ2v) is 5.87. The van der Waals surface area contributed by atoms with Gasteiger partial charge in [-0.3, -0.25) is 0 Å². The Balaban J connectivity index is 1.71. The average Bonchev–Trinajstić information content (AvgIpc) is 3.23. The van der Waals surface area contributed by atoms with E-state index in [2.05, 4.69) is 25.7 Å². The summed E-state index contributed by atoms with van der Waals surface area (Å²) in [7, 11) is 0. The summed E-state index contributed by atoms with van der Waals surface area (Å²) in [4.78, 5) is 8.61. The van der Waals surface area contributed by atoms with Gasteiger partial charge in [0.15, 0.2) is 11.3 Å². The number of nitrogens with one attached hydrogen (secondary N) is 2. The van der Waals surface area contributed by atoms with Crippen molar-refractivity contribution in [2.24, 2.45) is 0 Å². The number of hydrogen-bond donors (Lipinski definition) is 2. The third-order valence-electron chi connectivity index (χ3n) is 4.08. The van der Waals surface area contributed by atoms with Gasteiger partial charge in [0, 0.05) is 12.6 Å². The highest BCUT2D eigenvalue weighted by atomic mass is 19.4. The highest BCUT2D eigenvalue weighted by molar-refractivity contribution is 5.61. The quantitative estimate of drug-likeness (QED) is 0.762. The van der Waals surface area contributed by atoms with Gasteiger partial charge in [-0.15, -0.1) is 0 Å². The highest BCUT2D eigenvalue weighted by Crippen LogP contribution is 2.28. The number of aromatic nitrogens is 4. The summed E-state index contributed by atoms with van der Waals surface area (Å²) < 4.78 is 39.9. The van der Waals surface area contributed by atoms with E-state index < -0.39 is 11.9 Å². The second kappa shape index (κ2) is 5.99. The number of pyridine rings is 1. The summed E-state index contributed by atoms with van der Waals surface area (Å²) >= 11 is 0. The van der Waals surface area contributed by atoms with Crippen molar-refractivity contribution in [3.05, 3.63) is 42.2 Å². The zero-order valence-corrected chi connectivity index (χ0v) is 13.1. The van der Waals surface area contributed by atoms with Gasteiger partial charge in [0.05, 0.1) is 11.9 Å². The van der Waals surface area contributed by atoms with Crippen LogP contribution >= 0.6 is 0 Å². The molecule has 0 radical (unpaired) electrons. The van der Waals surface area contributed by atoms with E-state index in [0.717, 1.165) is 25.6 Å². The van der Waals surface area contributed by atoms with Crippen LogP contribution in [0.4, 0.5) is 19.0 Å². The largest absolute Gasteiger partial charge is 0.435 e. The van der Waals surface area contributed by atoms with Crippen LogP contribution in [0.25, 0.3) is 17.0 Å². The first-order valence-corrected chi connectivity index (χ1v) is 7.87. The van der Waals surface area contributed by atoms with Gasteiger partial charge in [-0.05, 0) is 37.2 Å². The molecule has 3 aromatic heterocycles. The van der Waals surface area contributed by atoms with E-state index in [9.17, 15) is 13.2 Å². The van der Waals surface area contributed by atoms with E-state index >= 15 is 0 Å². The Morgan fingerprint density at radius 1 is 1.20 bits per heavy atom. The third kappa shape index (κ3) is 3.14. The monoisotopic (exact) mass is 348 g/mol. The topological polar surface area (TPSA) is 67.1 Å². The molecule has 25 heavy (non-hydrogen) atoms. The molecule has 4 rings (SSSR count). The Morgan fingerprint density at radius 3 is 2.84 bits per heavy atom. The van der Waals surface area contributed by atoms with Crippen molar-refractivity contribution in [2.75, 3.05) is 18.4 Å². The maximum atomic E-state index is 12.9. The number of halogens is 3. The number of rotatable bonds is 3. The molecule has 4 heterocycles. The molecule has 0 bridgehead atoms. The van der Waals surface area contributed by atoms with Gasteiger partial charge in [0.25, 0.3) is 0 Å². The predicted molar refractivity (Wildman–Crippen MR) is 86.1 cm³/mol. The summed E-state index contributed by atoms with van der Waals surface area (Å²) in [5.74, 6) is 0.674. The first-order valence-electron chi connectivity index (χ1n) is 7.87. The van der Waals surface area contributed by atoms with Gasteiger partial charge in [0.2, 0.25) is 0 Å². The molecule has 6 nitrogen and oxygen atoms in total. The fraction of sp³-hybridized carbons (Fsp3) is 0.312. The van der Waals surface area contributed by atoms with Crippen molar-refractivity contribution in [3.63, 3.8) is 0 Å². The maximum Gasteiger partial charge on any atom is 0.435 e. The van der Waals surface area contributed by atoms with Crippen molar-refractivity contribution < 1.29 is 13.2 Å². The van der Waals surface area contributed by atoms with E-state index in [1.54, 1.807) is 12.1 Å². The lowest BCUT2D eigenvalue weighted by Crippen LogP contribution is -2.22. The lowest BCUT2D eigenvalue weighted by atomic mass is 10.2. The molecular weight excluding hydrogens is 333 g/mol. The van der Waals surface area contributed by atoms with E-state index in [1.807, 2.05) is 6.07 Å². The SMILES string of the molecule is FC(F)(F)c1ccc2ncc(-c3cccc(NC4CCNC4)n3)n2n1. The molecule has 3 aromatic rings. The van der Waals surface area contributed by atoms with Crippen molar-refractivity contribution in [3.8, 4) is 11.4 Å². The summed E-state index contributed by atoms with van der Waals surface area (Å²) in [6.45, 7) is 1.81. The van der Waals surface area contributed by atoms with Gasteiger partial charge in [-0.25, -0.2) is 14.5 Å². The normalized spacial score (nSPS) is 18.0. The van der Waals surface area contributed by atoms with Crippen LogP contribution in [0.5, 0.6) is 0 Å². The molecule has 0 saturated carbocycles. The van der Waals surface area contributed by atoms with Crippen molar-refractivity contribution in [1.29, 1.82) is 0 Å². The molecule has 1 atom stereocenters. The summed E-state index contributed by atoms with van der Waals surface area (Å²) in [5.41, 5.74) is 0.290. The second-order valence-electron chi connectivity index (χ2n) is 5.87. The van der Waals surface area contributed by atoms with Gasteiger partial charge >= 0.3 is 6.18 Å². The summed E-state index contributed by atoms with van der Waals surface area (Å²) in [6.07, 6.45) is -2.04. The highest BCUT2D eigenvalue weighted by Gasteiger charge is 2.33. The molecular formula is C16H15F3N6. The van der Waals surface area contributed by atoms with Crippen molar-refractivity contribution in [1.82, 2.24) is 24.9 Å². The Hall–Kier alpha value is -2.68. The molecule has 9 heteroatoms. The average molecular weight is 348 g/mol. The molecule has 130 valence electrons. The smallest absolute Gasteiger partial charge is 0.366 e. The van der Waals surface area contributed by atoms with Crippen LogP contribution in [0.15, 0.2) is 36.5 Å². The maximum absolute atomic E-state index is 12.9. The van der Waals surface area contributed by atoms with E-state index in [-0.39, 0.29) is 0 Å².